The molecule has 0 aliphatic heterocycles. The minimum Gasteiger partial charge on any atom is -0.457 e. The molecule has 0 atom stereocenters. The number of hydrogen-bond acceptors (Lipinski definition) is 5. The van der Waals surface area contributed by atoms with Gasteiger partial charge in [-0.3, -0.25) is 19.6 Å². The SMILES string of the molecule is Cc1ccc(Oc2cc(NC(=O)c3c(Cl)c(C(F)(F)F)nn3C)cc([N+](=O)[O-])c2)cc1. The average Bonchev–Trinajstić information content (AvgIpc) is 2.98. The molecule has 0 bridgehead atoms. The summed E-state index contributed by atoms with van der Waals surface area (Å²) < 4.78 is 45.2. The molecule has 2 aromatic carbocycles. The molecule has 1 heterocycles. The summed E-state index contributed by atoms with van der Waals surface area (Å²) >= 11 is 5.71. The number of anilines is 1. The van der Waals surface area contributed by atoms with Gasteiger partial charge in [0.25, 0.3) is 11.6 Å². The number of nitro benzene ring substituents is 1. The van der Waals surface area contributed by atoms with Crippen LogP contribution in [0.25, 0.3) is 0 Å². The van der Waals surface area contributed by atoms with Crippen molar-refractivity contribution in [3.05, 3.63) is 74.6 Å². The Bertz CT molecular complexity index is 1160. The molecule has 3 aromatic rings. The Morgan fingerprint density at radius 2 is 1.84 bits per heavy atom. The number of nitrogens with one attached hydrogen (secondary N) is 1. The van der Waals surface area contributed by atoms with Gasteiger partial charge in [0.1, 0.15) is 22.2 Å². The third-order valence-electron chi connectivity index (χ3n) is 4.09. The standard InChI is InChI=1S/C19H14ClF3N4O4/c1-10-3-5-13(6-4-10)31-14-8-11(7-12(9-14)27(29)30)24-18(28)16-15(20)17(19(21,22)23)25-26(16)2/h3-9H,1-2H3,(H,24,28). The maximum absolute atomic E-state index is 13.0. The Morgan fingerprint density at radius 1 is 1.19 bits per heavy atom. The Kier molecular flexibility index (Phi) is 5.89. The molecule has 0 aliphatic carbocycles. The molecule has 0 saturated heterocycles. The summed E-state index contributed by atoms with van der Waals surface area (Å²) in [6, 6.07) is 10.3. The van der Waals surface area contributed by atoms with Crippen LogP contribution in [0.2, 0.25) is 5.02 Å². The van der Waals surface area contributed by atoms with Crippen LogP contribution in [0.1, 0.15) is 21.7 Å². The topological polar surface area (TPSA) is 99.3 Å². The van der Waals surface area contributed by atoms with Gasteiger partial charge in [-0.05, 0) is 19.1 Å². The van der Waals surface area contributed by atoms with Crippen molar-refractivity contribution < 1.29 is 27.6 Å². The van der Waals surface area contributed by atoms with E-state index in [1.165, 1.54) is 6.07 Å². The van der Waals surface area contributed by atoms with Gasteiger partial charge in [-0.1, -0.05) is 29.3 Å². The normalized spacial score (nSPS) is 11.3. The molecule has 1 amide bonds. The molecule has 8 nitrogen and oxygen atoms in total. The highest BCUT2D eigenvalue weighted by atomic mass is 35.5. The highest BCUT2D eigenvalue weighted by Crippen LogP contribution is 2.36. The van der Waals surface area contributed by atoms with Gasteiger partial charge in [0.15, 0.2) is 5.69 Å². The highest BCUT2D eigenvalue weighted by molar-refractivity contribution is 6.34. The van der Waals surface area contributed by atoms with Crippen LogP contribution in [0.5, 0.6) is 11.5 Å². The van der Waals surface area contributed by atoms with Gasteiger partial charge in [-0.2, -0.15) is 18.3 Å². The first-order valence-electron chi connectivity index (χ1n) is 8.60. The summed E-state index contributed by atoms with van der Waals surface area (Å²) in [5.74, 6) is -0.592. The number of aromatic nitrogens is 2. The number of non-ortho nitro benzene ring substituents is 1. The largest absolute Gasteiger partial charge is 0.457 e. The molecular weight excluding hydrogens is 441 g/mol. The number of ether oxygens (including phenoxy) is 1. The van der Waals surface area contributed by atoms with E-state index in [-0.39, 0.29) is 11.4 Å². The molecule has 0 fully saturated rings. The van der Waals surface area contributed by atoms with Crippen molar-refractivity contribution in [1.82, 2.24) is 9.78 Å². The molecule has 0 spiro atoms. The van der Waals surface area contributed by atoms with Crippen LogP contribution >= 0.6 is 11.6 Å². The molecule has 162 valence electrons. The van der Waals surface area contributed by atoms with Gasteiger partial charge >= 0.3 is 6.18 Å². The Morgan fingerprint density at radius 3 is 2.39 bits per heavy atom. The number of benzene rings is 2. The smallest absolute Gasteiger partial charge is 0.436 e. The number of aryl methyl sites for hydroxylation is 2. The van der Waals surface area contributed by atoms with Gasteiger partial charge in [-0.25, -0.2) is 0 Å². The van der Waals surface area contributed by atoms with E-state index in [0.717, 1.165) is 24.7 Å². The van der Waals surface area contributed by atoms with E-state index in [1.807, 2.05) is 6.92 Å². The fourth-order valence-corrected chi connectivity index (χ4v) is 3.03. The zero-order chi connectivity index (χ0) is 22.9. The lowest BCUT2D eigenvalue weighted by Gasteiger charge is -2.10. The molecule has 0 unspecified atom stereocenters. The average molecular weight is 455 g/mol. The van der Waals surface area contributed by atoms with Crippen molar-refractivity contribution >= 4 is 28.9 Å². The van der Waals surface area contributed by atoms with Crippen molar-refractivity contribution in [2.45, 2.75) is 13.1 Å². The summed E-state index contributed by atoms with van der Waals surface area (Å²) in [6.07, 6.45) is -4.85. The van der Waals surface area contributed by atoms with E-state index >= 15 is 0 Å². The molecule has 1 N–H and O–H groups in total. The van der Waals surface area contributed by atoms with Crippen molar-refractivity contribution in [2.24, 2.45) is 7.05 Å². The molecule has 3 rings (SSSR count). The summed E-state index contributed by atoms with van der Waals surface area (Å²) in [5.41, 5.74) is -1.46. The zero-order valence-corrected chi connectivity index (χ0v) is 16.8. The van der Waals surface area contributed by atoms with Gasteiger partial charge in [0.05, 0.1) is 16.7 Å². The predicted molar refractivity (Wildman–Crippen MR) is 106 cm³/mol. The van der Waals surface area contributed by atoms with E-state index < -0.39 is 39.1 Å². The van der Waals surface area contributed by atoms with Crippen LogP contribution in [0.4, 0.5) is 24.5 Å². The minimum atomic E-state index is -4.85. The van der Waals surface area contributed by atoms with Gasteiger partial charge < -0.3 is 10.1 Å². The molecule has 0 radical (unpaired) electrons. The Labute approximate surface area is 178 Å². The summed E-state index contributed by atoms with van der Waals surface area (Å²) in [6.45, 7) is 1.87. The van der Waals surface area contributed by atoms with E-state index in [2.05, 4.69) is 10.4 Å². The lowest BCUT2D eigenvalue weighted by molar-refractivity contribution is -0.384. The van der Waals surface area contributed by atoms with Crippen LogP contribution < -0.4 is 10.1 Å². The highest BCUT2D eigenvalue weighted by Gasteiger charge is 2.39. The molecule has 12 heteroatoms. The Hall–Kier alpha value is -3.60. The van der Waals surface area contributed by atoms with E-state index in [4.69, 9.17) is 16.3 Å². The summed E-state index contributed by atoms with van der Waals surface area (Å²) in [7, 11) is 1.12. The van der Waals surface area contributed by atoms with Crippen LogP contribution in [0.3, 0.4) is 0 Å². The zero-order valence-electron chi connectivity index (χ0n) is 16.0. The van der Waals surface area contributed by atoms with E-state index in [1.54, 1.807) is 24.3 Å². The molecule has 31 heavy (non-hydrogen) atoms. The van der Waals surface area contributed by atoms with Crippen LogP contribution in [-0.4, -0.2) is 20.6 Å². The third-order valence-corrected chi connectivity index (χ3v) is 4.45. The number of nitrogens with zero attached hydrogens (tertiary/aromatic N) is 3. The van der Waals surface area contributed by atoms with Gasteiger partial charge in [0.2, 0.25) is 0 Å². The monoisotopic (exact) mass is 454 g/mol. The first-order valence-corrected chi connectivity index (χ1v) is 8.98. The Balaban J connectivity index is 1.93. The predicted octanol–water partition coefficient (Wildman–Crippen LogP) is 5.35. The summed E-state index contributed by atoms with van der Waals surface area (Å²) in [4.78, 5) is 23.1. The molecular formula is C19H14ClF3N4O4. The second-order valence-corrected chi connectivity index (χ2v) is 6.85. The maximum atomic E-state index is 13.0. The minimum absolute atomic E-state index is 0.0421. The lowest BCUT2D eigenvalue weighted by atomic mass is 10.2. The number of carbonyl (C=O) groups excluding carboxylic acids is 1. The number of rotatable bonds is 5. The lowest BCUT2D eigenvalue weighted by Crippen LogP contribution is -2.16. The van der Waals surface area contributed by atoms with Crippen LogP contribution in [-0.2, 0) is 13.2 Å². The quantitative estimate of drug-likeness (QED) is 0.413. The van der Waals surface area contributed by atoms with Gasteiger partial charge in [-0.15, -0.1) is 0 Å². The van der Waals surface area contributed by atoms with Crippen molar-refractivity contribution in [3.63, 3.8) is 0 Å². The van der Waals surface area contributed by atoms with Crippen molar-refractivity contribution in [1.29, 1.82) is 0 Å². The number of carbonyl (C=O) groups is 1. The fourth-order valence-electron chi connectivity index (χ4n) is 2.68. The molecule has 0 saturated carbocycles. The summed E-state index contributed by atoms with van der Waals surface area (Å²) in [5, 5.41) is 15.9. The van der Waals surface area contributed by atoms with Crippen molar-refractivity contribution in [2.75, 3.05) is 5.32 Å². The maximum Gasteiger partial charge on any atom is 0.436 e. The van der Waals surface area contributed by atoms with Crippen molar-refractivity contribution in [3.8, 4) is 11.5 Å². The second-order valence-electron chi connectivity index (χ2n) is 6.47. The van der Waals surface area contributed by atoms with Gasteiger partial charge in [0, 0.05) is 19.2 Å². The number of hydrogen-bond donors (Lipinski definition) is 1. The number of alkyl halides is 3. The van der Waals surface area contributed by atoms with Crippen LogP contribution in [0, 0.1) is 17.0 Å². The fraction of sp³-hybridized carbons (Fsp3) is 0.158. The van der Waals surface area contributed by atoms with Crippen LogP contribution in [0.15, 0.2) is 42.5 Å². The first-order chi connectivity index (χ1) is 14.5. The number of amides is 1. The molecule has 0 aliphatic rings. The third kappa shape index (κ3) is 4.94. The molecule has 1 aromatic heterocycles. The second kappa shape index (κ2) is 8.26. The van der Waals surface area contributed by atoms with E-state index in [0.29, 0.717) is 10.4 Å². The first kappa shape index (κ1) is 22.1. The van der Waals surface area contributed by atoms with E-state index in [9.17, 15) is 28.1 Å². The number of halogens is 4. The number of nitro groups is 1.